The largest absolute Gasteiger partial charge is 0.488 e. The number of rotatable bonds is 2. The van der Waals surface area contributed by atoms with E-state index in [1.54, 1.807) is 0 Å². The molecular weight excluding hydrogens is 364 g/mol. The average Bonchev–Trinajstić information content (AvgIpc) is 2.77. The van der Waals surface area contributed by atoms with Gasteiger partial charge in [0, 0.05) is 11.0 Å². The minimum Gasteiger partial charge on any atom is -0.488 e. The van der Waals surface area contributed by atoms with Crippen LogP contribution >= 0.6 is 0 Å². The lowest BCUT2D eigenvalue weighted by Gasteiger charge is -2.48. The van der Waals surface area contributed by atoms with Crippen LogP contribution in [0.2, 0.25) is 0 Å². The molecule has 0 bridgehead atoms. The minimum absolute atomic E-state index is 0.156. The van der Waals surface area contributed by atoms with E-state index in [-0.39, 0.29) is 11.0 Å². The van der Waals surface area contributed by atoms with E-state index in [0.29, 0.717) is 5.92 Å². The normalized spacial score (nSPS) is 20.5. The molecule has 2 aliphatic rings. The zero-order valence-electron chi connectivity index (χ0n) is 17.6. The quantitative estimate of drug-likeness (QED) is 0.351. The molecule has 30 heavy (non-hydrogen) atoms. The molecule has 0 saturated heterocycles. The molecule has 6 rings (SSSR count). The fraction of sp³-hybridized carbons (Fsp3) is 0.241. The van der Waals surface area contributed by atoms with Crippen molar-refractivity contribution in [1.82, 2.24) is 0 Å². The second kappa shape index (κ2) is 6.22. The summed E-state index contributed by atoms with van der Waals surface area (Å²) in [4.78, 5) is 0. The second-order valence-corrected chi connectivity index (χ2v) is 9.49. The molecule has 0 saturated carbocycles. The van der Waals surface area contributed by atoms with E-state index in [1.165, 1.54) is 33.0 Å². The van der Waals surface area contributed by atoms with E-state index in [2.05, 4.69) is 105 Å². The van der Waals surface area contributed by atoms with Crippen LogP contribution in [0.25, 0.3) is 10.8 Å². The van der Waals surface area contributed by atoms with E-state index < -0.39 is 0 Å². The number of hydrogen-bond donors (Lipinski definition) is 0. The highest BCUT2D eigenvalue weighted by atomic mass is 16.5. The van der Waals surface area contributed by atoms with E-state index in [1.807, 2.05) is 0 Å². The summed E-state index contributed by atoms with van der Waals surface area (Å²) in [6, 6.07) is 33.5. The number of ether oxygens (including phenoxy) is 1. The summed E-state index contributed by atoms with van der Waals surface area (Å²) in [6.07, 6.45) is 2.10. The maximum absolute atomic E-state index is 6.47. The molecule has 1 heteroatoms. The third-order valence-corrected chi connectivity index (χ3v) is 7.12. The van der Waals surface area contributed by atoms with Gasteiger partial charge in [-0.3, -0.25) is 0 Å². The van der Waals surface area contributed by atoms with E-state index >= 15 is 0 Å². The van der Waals surface area contributed by atoms with Gasteiger partial charge in [0.15, 0.2) is 0 Å². The lowest BCUT2D eigenvalue weighted by molar-refractivity contribution is 0.0679. The Balaban J connectivity index is 1.76. The first-order chi connectivity index (χ1) is 14.6. The van der Waals surface area contributed by atoms with E-state index in [9.17, 15) is 0 Å². The Labute approximate surface area is 178 Å². The molecule has 0 radical (unpaired) electrons. The Morgan fingerprint density at radius 2 is 1.37 bits per heavy atom. The van der Waals surface area contributed by atoms with Gasteiger partial charge in [0.25, 0.3) is 0 Å². The van der Waals surface area contributed by atoms with Crippen LogP contribution in [0.3, 0.4) is 0 Å². The SMILES string of the molecule is CC1(C)CC2CC(c3ccccc3)(c3ccccc3)c3cccc4ccc(c2c34)O1. The van der Waals surface area contributed by atoms with Gasteiger partial charge in [0.2, 0.25) is 0 Å². The van der Waals surface area contributed by atoms with Gasteiger partial charge >= 0.3 is 0 Å². The molecule has 0 aromatic heterocycles. The Morgan fingerprint density at radius 1 is 0.700 bits per heavy atom. The molecule has 1 aliphatic heterocycles. The molecule has 1 nitrogen and oxygen atoms in total. The van der Waals surface area contributed by atoms with Crippen molar-refractivity contribution in [3.8, 4) is 5.75 Å². The summed E-state index contributed by atoms with van der Waals surface area (Å²) in [5.41, 5.74) is 5.27. The van der Waals surface area contributed by atoms with Crippen molar-refractivity contribution in [3.05, 3.63) is 113 Å². The number of hydrogen-bond acceptors (Lipinski definition) is 1. The third kappa shape index (κ3) is 2.41. The number of benzene rings is 4. The van der Waals surface area contributed by atoms with Crippen molar-refractivity contribution in [2.75, 3.05) is 0 Å². The summed E-state index contributed by atoms with van der Waals surface area (Å²) in [5, 5.41) is 2.71. The monoisotopic (exact) mass is 390 g/mol. The van der Waals surface area contributed by atoms with Crippen molar-refractivity contribution in [1.29, 1.82) is 0 Å². The first-order valence-electron chi connectivity index (χ1n) is 10.9. The summed E-state index contributed by atoms with van der Waals surface area (Å²) in [6.45, 7) is 4.46. The maximum atomic E-state index is 6.47. The first kappa shape index (κ1) is 17.8. The van der Waals surface area contributed by atoms with Crippen LogP contribution in [0.1, 0.15) is 54.9 Å². The second-order valence-electron chi connectivity index (χ2n) is 9.49. The van der Waals surface area contributed by atoms with Crippen LogP contribution in [0, 0.1) is 0 Å². The molecular formula is C29H26O. The van der Waals surface area contributed by atoms with Crippen molar-refractivity contribution >= 4 is 10.8 Å². The first-order valence-corrected chi connectivity index (χ1v) is 10.9. The third-order valence-electron chi connectivity index (χ3n) is 7.12. The molecule has 0 spiro atoms. The van der Waals surface area contributed by atoms with Crippen LogP contribution in [-0.4, -0.2) is 5.60 Å². The average molecular weight is 391 g/mol. The zero-order chi connectivity index (χ0) is 20.3. The van der Waals surface area contributed by atoms with Crippen LogP contribution in [0.5, 0.6) is 5.75 Å². The van der Waals surface area contributed by atoms with Gasteiger partial charge in [0.05, 0.1) is 0 Å². The molecule has 0 N–H and O–H groups in total. The molecule has 0 amide bonds. The Hall–Kier alpha value is -3.06. The standard InChI is InChI=1S/C29H26O/c1-28(2)18-21-19-29(22-11-5-3-6-12-22,23-13-7-4-8-14-23)24-15-9-10-20-16-17-25(30-28)27(21)26(20)24/h3-17,21H,18-19H2,1-2H3. The summed E-state index contributed by atoms with van der Waals surface area (Å²) >= 11 is 0. The summed E-state index contributed by atoms with van der Waals surface area (Å²) in [5.74, 6) is 1.54. The van der Waals surface area contributed by atoms with Gasteiger partial charge in [-0.25, -0.2) is 0 Å². The highest BCUT2D eigenvalue weighted by molar-refractivity contribution is 5.94. The molecule has 0 fully saturated rings. The highest BCUT2D eigenvalue weighted by Crippen LogP contribution is 2.58. The predicted octanol–water partition coefficient (Wildman–Crippen LogP) is 7.22. The topological polar surface area (TPSA) is 9.23 Å². The van der Waals surface area contributed by atoms with E-state index in [0.717, 1.165) is 18.6 Å². The minimum atomic E-state index is -0.161. The van der Waals surface area contributed by atoms with Crippen molar-refractivity contribution in [3.63, 3.8) is 0 Å². The fourth-order valence-corrected chi connectivity index (χ4v) is 6.09. The van der Waals surface area contributed by atoms with Gasteiger partial charge in [0.1, 0.15) is 11.4 Å². The molecule has 1 atom stereocenters. The van der Waals surface area contributed by atoms with Crippen molar-refractivity contribution < 1.29 is 4.74 Å². The van der Waals surface area contributed by atoms with Crippen LogP contribution in [0.15, 0.2) is 91.0 Å². The maximum Gasteiger partial charge on any atom is 0.124 e. The van der Waals surface area contributed by atoms with Crippen LogP contribution < -0.4 is 4.74 Å². The lowest BCUT2D eigenvalue weighted by Crippen LogP contribution is -2.41. The molecule has 4 aromatic carbocycles. The van der Waals surface area contributed by atoms with Gasteiger partial charge in [-0.15, -0.1) is 0 Å². The molecule has 1 heterocycles. The van der Waals surface area contributed by atoms with Gasteiger partial charge in [-0.1, -0.05) is 84.9 Å². The van der Waals surface area contributed by atoms with Crippen LogP contribution in [0.4, 0.5) is 0 Å². The fourth-order valence-electron chi connectivity index (χ4n) is 6.09. The van der Waals surface area contributed by atoms with Gasteiger partial charge in [-0.05, 0) is 66.1 Å². The smallest absolute Gasteiger partial charge is 0.124 e. The highest BCUT2D eigenvalue weighted by Gasteiger charge is 2.48. The van der Waals surface area contributed by atoms with Gasteiger partial charge < -0.3 is 4.74 Å². The van der Waals surface area contributed by atoms with Crippen LogP contribution in [-0.2, 0) is 5.41 Å². The Bertz CT molecular complexity index is 1200. The predicted molar refractivity (Wildman–Crippen MR) is 123 cm³/mol. The van der Waals surface area contributed by atoms with Gasteiger partial charge in [-0.2, -0.15) is 0 Å². The molecule has 1 unspecified atom stereocenters. The van der Waals surface area contributed by atoms with Crippen molar-refractivity contribution in [2.24, 2.45) is 0 Å². The van der Waals surface area contributed by atoms with Crippen molar-refractivity contribution in [2.45, 2.75) is 43.6 Å². The molecule has 4 aromatic rings. The summed E-state index contributed by atoms with van der Waals surface area (Å²) < 4.78 is 6.47. The zero-order valence-corrected chi connectivity index (χ0v) is 17.6. The molecule has 148 valence electrons. The van der Waals surface area contributed by atoms with E-state index in [4.69, 9.17) is 4.74 Å². The lowest BCUT2D eigenvalue weighted by atomic mass is 9.58. The summed E-state index contributed by atoms with van der Waals surface area (Å²) in [7, 11) is 0. The molecule has 1 aliphatic carbocycles. The Kier molecular flexibility index (Phi) is 3.68. The Morgan fingerprint density at radius 3 is 2.03 bits per heavy atom.